The number of hydrogen-bond acceptors (Lipinski definition) is 4. The SMILES string of the molecule is Cc1ccc(OC(=O)C2=C(C(=O)Oc3ccc(C)c(C)c3C)C3CCC2C3(C)C)c(C)c1C. The summed E-state index contributed by atoms with van der Waals surface area (Å²) in [5.41, 5.74) is 7.23. The van der Waals surface area contributed by atoms with Gasteiger partial charge >= 0.3 is 11.9 Å². The van der Waals surface area contributed by atoms with Crippen LogP contribution in [0.4, 0.5) is 0 Å². The highest BCUT2D eigenvalue weighted by atomic mass is 16.5. The molecule has 0 heterocycles. The molecule has 0 spiro atoms. The molecule has 2 unspecified atom stereocenters. The summed E-state index contributed by atoms with van der Waals surface area (Å²) < 4.78 is 11.8. The fraction of sp³-hybridized carbons (Fsp3) is 0.448. The first kappa shape index (κ1) is 23.3. The average Bonchev–Trinajstić information content (AvgIpc) is 3.19. The van der Waals surface area contributed by atoms with Gasteiger partial charge < -0.3 is 9.47 Å². The van der Waals surface area contributed by atoms with Gasteiger partial charge in [0.05, 0.1) is 11.1 Å². The first-order valence-electron chi connectivity index (χ1n) is 11.8. The maximum atomic E-state index is 13.5. The van der Waals surface area contributed by atoms with E-state index in [0.29, 0.717) is 22.6 Å². The molecule has 0 radical (unpaired) electrons. The summed E-state index contributed by atoms with van der Waals surface area (Å²) in [6.45, 7) is 16.3. The summed E-state index contributed by atoms with van der Waals surface area (Å²) >= 11 is 0. The Morgan fingerprint density at radius 2 is 1.03 bits per heavy atom. The Hall–Kier alpha value is -2.88. The molecule has 2 aliphatic rings. The molecule has 0 aliphatic heterocycles. The summed E-state index contributed by atoms with van der Waals surface area (Å²) in [6.07, 6.45) is 1.76. The van der Waals surface area contributed by atoms with Crippen LogP contribution in [0.3, 0.4) is 0 Å². The molecular formula is C29H34O4. The zero-order chi connectivity index (χ0) is 24.2. The number of hydrogen-bond donors (Lipinski definition) is 0. The highest BCUT2D eigenvalue weighted by molar-refractivity contribution is 6.04. The van der Waals surface area contributed by atoms with Gasteiger partial charge in [0.25, 0.3) is 0 Å². The second-order valence-corrected chi connectivity index (χ2v) is 10.4. The van der Waals surface area contributed by atoms with Gasteiger partial charge in [0.1, 0.15) is 11.5 Å². The predicted octanol–water partition coefficient (Wildman–Crippen LogP) is 6.41. The van der Waals surface area contributed by atoms with Gasteiger partial charge in [-0.3, -0.25) is 0 Å². The van der Waals surface area contributed by atoms with E-state index in [1.807, 2.05) is 65.8 Å². The molecule has 0 saturated heterocycles. The largest absolute Gasteiger partial charge is 0.423 e. The van der Waals surface area contributed by atoms with Crippen LogP contribution >= 0.6 is 0 Å². The van der Waals surface area contributed by atoms with Gasteiger partial charge in [-0.05, 0) is 117 Å². The molecule has 2 atom stereocenters. The van der Waals surface area contributed by atoms with Gasteiger partial charge in [-0.2, -0.15) is 0 Å². The Balaban J connectivity index is 1.71. The highest BCUT2D eigenvalue weighted by Gasteiger charge is 2.57. The number of rotatable bonds is 4. The maximum absolute atomic E-state index is 13.5. The standard InChI is InChI=1S/C29H34O4/c1-15-9-13-23(19(5)17(15)3)32-27(30)25-21-11-12-22(29(21,7)8)26(25)28(31)33-24-14-10-16(2)18(4)20(24)6/h9-10,13-14,21-22H,11-12H2,1-8H3. The van der Waals surface area contributed by atoms with E-state index in [-0.39, 0.29) is 17.3 Å². The molecule has 4 heteroatoms. The predicted molar refractivity (Wildman–Crippen MR) is 130 cm³/mol. The molecular weight excluding hydrogens is 412 g/mol. The van der Waals surface area contributed by atoms with Crippen molar-refractivity contribution in [2.75, 3.05) is 0 Å². The Morgan fingerprint density at radius 1 is 0.667 bits per heavy atom. The van der Waals surface area contributed by atoms with Crippen LogP contribution in [-0.2, 0) is 9.59 Å². The first-order valence-corrected chi connectivity index (χ1v) is 11.8. The van der Waals surface area contributed by atoms with E-state index >= 15 is 0 Å². The summed E-state index contributed by atoms with van der Waals surface area (Å²) in [7, 11) is 0. The quantitative estimate of drug-likeness (QED) is 0.402. The number of fused-ring (bicyclic) bond motifs is 2. The zero-order valence-corrected chi connectivity index (χ0v) is 21.0. The number of benzene rings is 2. The topological polar surface area (TPSA) is 52.6 Å². The van der Waals surface area contributed by atoms with Crippen LogP contribution in [0, 0.1) is 58.8 Å². The van der Waals surface area contributed by atoms with Crippen LogP contribution in [0.1, 0.15) is 60.1 Å². The van der Waals surface area contributed by atoms with Crippen LogP contribution in [-0.4, -0.2) is 11.9 Å². The van der Waals surface area contributed by atoms with E-state index in [4.69, 9.17) is 9.47 Å². The minimum Gasteiger partial charge on any atom is -0.423 e. The van der Waals surface area contributed by atoms with Crippen molar-refractivity contribution in [1.82, 2.24) is 0 Å². The van der Waals surface area contributed by atoms with Crippen LogP contribution in [0.5, 0.6) is 11.5 Å². The molecule has 2 aromatic rings. The first-order chi connectivity index (χ1) is 15.4. The Labute approximate surface area is 197 Å². The van der Waals surface area contributed by atoms with Crippen LogP contribution in [0.15, 0.2) is 35.4 Å². The third-order valence-corrected chi connectivity index (χ3v) is 8.39. The van der Waals surface area contributed by atoms with Crippen molar-refractivity contribution in [3.63, 3.8) is 0 Å². The molecule has 4 nitrogen and oxygen atoms in total. The molecule has 2 aromatic carbocycles. The van der Waals surface area contributed by atoms with E-state index < -0.39 is 11.9 Å². The molecule has 174 valence electrons. The molecule has 0 N–H and O–H groups in total. The summed E-state index contributed by atoms with van der Waals surface area (Å²) in [5, 5.41) is 0. The van der Waals surface area contributed by atoms with E-state index in [2.05, 4.69) is 13.8 Å². The highest BCUT2D eigenvalue weighted by Crippen LogP contribution is 2.60. The van der Waals surface area contributed by atoms with Crippen molar-refractivity contribution in [2.45, 2.75) is 68.2 Å². The summed E-state index contributed by atoms with van der Waals surface area (Å²) in [4.78, 5) is 27.0. The lowest BCUT2D eigenvalue weighted by Gasteiger charge is -2.25. The number of carbonyl (C=O) groups excluding carboxylic acids is 2. The minimum absolute atomic E-state index is 0.00903. The normalized spacial score (nSPS) is 20.8. The Kier molecular flexibility index (Phi) is 5.76. The van der Waals surface area contributed by atoms with Crippen molar-refractivity contribution >= 4 is 11.9 Å². The molecule has 1 fully saturated rings. The minimum atomic E-state index is -0.426. The van der Waals surface area contributed by atoms with Crippen molar-refractivity contribution in [3.8, 4) is 11.5 Å². The van der Waals surface area contributed by atoms with Gasteiger partial charge in [0, 0.05) is 0 Å². The van der Waals surface area contributed by atoms with Gasteiger partial charge in [0.15, 0.2) is 0 Å². The summed E-state index contributed by atoms with van der Waals surface area (Å²) in [5.74, 6) is 0.231. The second-order valence-electron chi connectivity index (χ2n) is 10.4. The number of esters is 2. The smallest absolute Gasteiger partial charge is 0.340 e. The maximum Gasteiger partial charge on any atom is 0.340 e. The molecule has 4 rings (SSSR count). The van der Waals surface area contributed by atoms with Crippen molar-refractivity contribution in [1.29, 1.82) is 0 Å². The van der Waals surface area contributed by atoms with Crippen LogP contribution < -0.4 is 9.47 Å². The van der Waals surface area contributed by atoms with E-state index in [0.717, 1.165) is 46.2 Å². The molecule has 33 heavy (non-hydrogen) atoms. The molecule has 1 saturated carbocycles. The van der Waals surface area contributed by atoms with Gasteiger partial charge in [-0.1, -0.05) is 26.0 Å². The third kappa shape index (κ3) is 3.70. The average molecular weight is 447 g/mol. The van der Waals surface area contributed by atoms with Crippen LogP contribution in [0.2, 0.25) is 0 Å². The Bertz CT molecular complexity index is 1110. The van der Waals surface area contributed by atoms with E-state index in [9.17, 15) is 9.59 Å². The van der Waals surface area contributed by atoms with Gasteiger partial charge in [0.2, 0.25) is 0 Å². The lowest BCUT2D eigenvalue weighted by atomic mass is 9.79. The summed E-state index contributed by atoms with van der Waals surface area (Å²) in [6, 6.07) is 7.60. The van der Waals surface area contributed by atoms with E-state index in [1.54, 1.807) is 0 Å². The lowest BCUT2D eigenvalue weighted by Crippen LogP contribution is -2.24. The third-order valence-electron chi connectivity index (χ3n) is 8.39. The van der Waals surface area contributed by atoms with Crippen molar-refractivity contribution < 1.29 is 19.1 Å². The van der Waals surface area contributed by atoms with Crippen LogP contribution in [0.25, 0.3) is 0 Å². The number of ether oxygens (including phenoxy) is 2. The molecule has 0 amide bonds. The van der Waals surface area contributed by atoms with Crippen molar-refractivity contribution in [2.24, 2.45) is 17.3 Å². The molecule has 2 aliphatic carbocycles. The zero-order valence-electron chi connectivity index (χ0n) is 21.0. The monoisotopic (exact) mass is 446 g/mol. The van der Waals surface area contributed by atoms with Gasteiger partial charge in [-0.25, -0.2) is 9.59 Å². The number of aryl methyl sites for hydroxylation is 2. The second kappa shape index (κ2) is 8.16. The lowest BCUT2D eigenvalue weighted by molar-refractivity contribution is -0.133. The Morgan fingerprint density at radius 3 is 1.39 bits per heavy atom. The van der Waals surface area contributed by atoms with Gasteiger partial charge in [-0.15, -0.1) is 0 Å². The molecule has 2 bridgehead atoms. The number of carbonyl (C=O) groups is 2. The fourth-order valence-electron chi connectivity index (χ4n) is 5.63. The molecule has 0 aromatic heterocycles. The fourth-order valence-corrected chi connectivity index (χ4v) is 5.63. The van der Waals surface area contributed by atoms with Crippen molar-refractivity contribution in [3.05, 3.63) is 68.8 Å². The van der Waals surface area contributed by atoms with E-state index in [1.165, 1.54) is 0 Å².